The molecule has 4 unspecified atom stereocenters. The summed E-state index contributed by atoms with van der Waals surface area (Å²) >= 11 is 2.02. The van der Waals surface area contributed by atoms with E-state index in [1.807, 2.05) is 46.9 Å². The van der Waals surface area contributed by atoms with Crippen LogP contribution in [0.25, 0.3) is 0 Å². The Morgan fingerprint density at radius 2 is 1.95 bits per heavy atom. The van der Waals surface area contributed by atoms with Crippen molar-refractivity contribution >= 4 is 40.7 Å². The maximum atomic E-state index is 14.0. The number of aliphatic hydroxyl groups is 2. The molecule has 2 aliphatic rings. The number of aldehydes is 1. The molecule has 0 bridgehead atoms. The van der Waals surface area contributed by atoms with E-state index in [0.29, 0.717) is 51.9 Å². The molecule has 2 amide bonds. The van der Waals surface area contributed by atoms with Crippen LogP contribution in [-0.4, -0.2) is 98.6 Å². The lowest BCUT2D eigenvalue weighted by molar-refractivity contribution is -0.142. The van der Waals surface area contributed by atoms with Crippen LogP contribution >= 0.6 is 22.6 Å². The van der Waals surface area contributed by atoms with Crippen LogP contribution in [0.4, 0.5) is 0 Å². The summed E-state index contributed by atoms with van der Waals surface area (Å²) in [5.41, 5.74) is 1.60. The molecule has 2 aromatic rings. The second kappa shape index (κ2) is 15.5. The molecule has 1 aliphatic carbocycles. The van der Waals surface area contributed by atoms with E-state index in [1.54, 1.807) is 24.2 Å². The van der Waals surface area contributed by atoms with Crippen LogP contribution in [0.3, 0.4) is 0 Å². The van der Waals surface area contributed by atoms with Gasteiger partial charge in [0.2, 0.25) is 11.8 Å². The minimum absolute atomic E-state index is 0.0453. The van der Waals surface area contributed by atoms with E-state index in [9.17, 15) is 24.6 Å². The van der Waals surface area contributed by atoms with E-state index in [-0.39, 0.29) is 50.3 Å². The molecule has 11 nitrogen and oxygen atoms in total. The number of ether oxygens (including phenoxy) is 4. The third-order valence-electron chi connectivity index (χ3n) is 7.63. The predicted molar refractivity (Wildman–Crippen MR) is 165 cm³/mol. The monoisotopic (exact) mass is 708 g/mol. The molecule has 0 radical (unpaired) electrons. The Bertz CT molecular complexity index is 1330. The molecule has 2 aromatic carbocycles. The topological polar surface area (TPSA) is 144 Å². The van der Waals surface area contributed by atoms with Crippen molar-refractivity contribution in [3.63, 3.8) is 0 Å². The summed E-state index contributed by atoms with van der Waals surface area (Å²) < 4.78 is 23.4. The van der Waals surface area contributed by atoms with Crippen LogP contribution < -0.4 is 19.5 Å². The van der Waals surface area contributed by atoms with Gasteiger partial charge in [-0.1, -0.05) is 18.2 Å². The first-order chi connectivity index (χ1) is 20.8. The number of benzene rings is 2. The maximum Gasteiger partial charge on any atom is 0.247 e. The molecular formula is C31H37IN2O9. The summed E-state index contributed by atoms with van der Waals surface area (Å²) in [6.45, 7) is 0.813. The molecule has 4 atom stereocenters. The van der Waals surface area contributed by atoms with Crippen LogP contribution in [0.1, 0.15) is 28.8 Å². The van der Waals surface area contributed by atoms with Crippen molar-refractivity contribution in [2.75, 3.05) is 47.1 Å². The van der Waals surface area contributed by atoms with Crippen molar-refractivity contribution in [2.45, 2.75) is 37.5 Å². The van der Waals surface area contributed by atoms with Crippen molar-refractivity contribution in [3.8, 4) is 17.2 Å². The Morgan fingerprint density at radius 3 is 2.63 bits per heavy atom. The lowest BCUT2D eigenvalue weighted by atomic mass is 9.87. The zero-order chi connectivity index (χ0) is 30.9. The Hall–Kier alpha value is -3.20. The highest BCUT2D eigenvalue weighted by atomic mass is 127. The number of aliphatic hydroxyl groups excluding tert-OH is 2. The first kappa shape index (κ1) is 32.7. The number of halogens is 1. The molecule has 1 aliphatic heterocycles. The number of methoxy groups -OCH3 is 2. The quantitative estimate of drug-likeness (QED) is 0.211. The summed E-state index contributed by atoms with van der Waals surface area (Å²) in [4.78, 5) is 40.2. The number of nitrogens with zero attached hydrogens (tertiary/aromatic N) is 1. The van der Waals surface area contributed by atoms with Crippen LogP contribution in [0.15, 0.2) is 48.0 Å². The minimum Gasteiger partial charge on any atom is -0.496 e. The van der Waals surface area contributed by atoms with Crippen molar-refractivity contribution in [3.05, 3.63) is 62.7 Å². The van der Waals surface area contributed by atoms with Crippen LogP contribution in [0, 0.1) is 9.49 Å². The van der Waals surface area contributed by atoms with Gasteiger partial charge in [-0.15, -0.1) is 0 Å². The summed E-state index contributed by atoms with van der Waals surface area (Å²) in [7, 11) is 3.03. The van der Waals surface area contributed by atoms with E-state index >= 15 is 0 Å². The Kier molecular flexibility index (Phi) is 11.8. The highest BCUT2D eigenvalue weighted by Crippen LogP contribution is 2.37. The van der Waals surface area contributed by atoms with Gasteiger partial charge in [0.25, 0.3) is 0 Å². The van der Waals surface area contributed by atoms with E-state index in [0.717, 1.165) is 5.56 Å². The molecule has 0 spiro atoms. The average molecular weight is 709 g/mol. The fraction of sp³-hybridized carbons (Fsp3) is 0.452. The lowest BCUT2D eigenvalue weighted by Crippen LogP contribution is -2.56. The molecular weight excluding hydrogens is 671 g/mol. The fourth-order valence-electron chi connectivity index (χ4n) is 5.39. The van der Waals surface area contributed by atoms with E-state index in [1.165, 1.54) is 13.2 Å². The van der Waals surface area contributed by atoms with Gasteiger partial charge in [-0.25, -0.2) is 0 Å². The van der Waals surface area contributed by atoms with Crippen molar-refractivity contribution < 1.29 is 43.5 Å². The van der Waals surface area contributed by atoms with Gasteiger partial charge in [0.15, 0.2) is 11.5 Å². The molecule has 3 N–H and O–H groups in total. The number of carbonyl (C=O) groups is 3. The number of rotatable bonds is 13. The summed E-state index contributed by atoms with van der Waals surface area (Å²) in [5, 5.41) is 23.7. The first-order valence-corrected chi connectivity index (χ1v) is 15.2. The van der Waals surface area contributed by atoms with E-state index in [4.69, 9.17) is 18.9 Å². The van der Waals surface area contributed by atoms with Crippen molar-refractivity contribution in [1.82, 2.24) is 10.2 Å². The number of amides is 2. The Balaban J connectivity index is 1.71. The third-order valence-corrected chi connectivity index (χ3v) is 8.43. The molecule has 0 saturated carbocycles. The molecule has 43 heavy (non-hydrogen) atoms. The van der Waals surface area contributed by atoms with Crippen LogP contribution in [0.5, 0.6) is 17.2 Å². The fourth-order valence-corrected chi connectivity index (χ4v) is 6.14. The van der Waals surface area contributed by atoms with Crippen molar-refractivity contribution in [1.29, 1.82) is 0 Å². The lowest BCUT2D eigenvalue weighted by Gasteiger charge is -2.41. The largest absolute Gasteiger partial charge is 0.496 e. The van der Waals surface area contributed by atoms with Gasteiger partial charge in [0, 0.05) is 37.3 Å². The average Bonchev–Trinajstić information content (AvgIpc) is 3.57. The van der Waals surface area contributed by atoms with Gasteiger partial charge < -0.3 is 39.4 Å². The van der Waals surface area contributed by atoms with Gasteiger partial charge in [-0.3, -0.25) is 14.4 Å². The maximum absolute atomic E-state index is 14.0. The molecule has 12 heteroatoms. The Labute approximate surface area is 264 Å². The standard InChI is InChI=1S/C31H37IN2O9/c1-40-25-6-4-3-5-20(25)7-10-34(31(39)21-8-12-42-18-21)24-15-22(30(38)33-9-11-35)16-26(28(24)37)43-29-23(32)13-19(17-36)14-27(29)41-2/h3-6,13-14,16-17,21,24,26,28,35,37H,7-12,15,18H2,1-2H3,(H,33,38). The molecule has 1 saturated heterocycles. The number of para-hydroxylation sites is 1. The molecule has 1 fully saturated rings. The summed E-state index contributed by atoms with van der Waals surface area (Å²) in [6.07, 6.45) is 1.06. The second-order valence-electron chi connectivity index (χ2n) is 10.3. The predicted octanol–water partition coefficient (Wildman–Crippen LogP) is 2.14. The highest BCUT2D eigenvalue weighted by Gasteiger charge is 2.42. The number of nitrogens with one attached hydrogen (secondary N) is 1. The Morgan fingerprint density at radius 1 is 1.19 bits per heavy atom. The SMILES string of the molecule is COc1ccccc1CCN(C(=O)C1CCOC1)C1CC(C(=O)NCCO)=CC(Oc2c(I)cc(C=O)cc2OC)C1O. The highest BCUT2D eigenvalue weighted by molar-refractivity contribution is 14.1. The smallest absolute Gasteiger partial charge is 0.247 e. The molecule has 1 heterocycles. The molecule has 232 valence electrons. The van der Waals surface area contributed by atoms with E-state index < -0.39 is 24.2 Å². The van der Waals surface area contributed by atoms with Crippen LogP contribution in [0.2, 0.25) is 0 Å². The van der Waals surface area contributed by atoms with Crippen LogP contribution in [-0.2, 0) is 20.7 Å². The second-order valence-corrected chi connectivity index (χ2v) is 11.5. The molecule has 0 aromatic heterocycles. The zero-order valence-corrected chi connectivity index (χ0v) is 26.3. The van der Waals surface area contributed by atoms with Gasteiger partial charge in [0.1, 0.15) is 24.2 Å². The minimum atomic E-state index is -1.22. The normalized spacial score (nSPS) is 21.5. The molecule has 4 rings (SSSR count). The summed E-state index contributed by atoms with van der Waals surface area (Å²) in [5.74, 6) is 0.289. The van der Waals surface area contributed by atoms with Crippen molar-refractivity contribution in [2.24, 2.45) is 5.92 Å². The van der Waals surface area contributed by atoms with E-state index in [2.05, 4.69) is 5.32 Å². The van der Waals surface area contributed by atoms with Gasteiger partial charge in [-0.2, -0.15) is 0 Å². The van der Waals surface area contributed by atoms with Gasteiger partial charge in [-0.05, 0) is 65.3 Å². The number of hydrogen-bond acceptors (Lipinski definition) is 9. The number of hydrogen-bond donors (Lipinski definition) is 3. The number of carbonyl (C=O) groups excluding carboxylic acids is 3. The van der Waals surface area contributed by atoms with Gasteiger partial charge >= 0.3 is 0 Å². The summed E-state index contributed by atoms with van der Waals surface area (Å²) in [6, 6.07) is 9.87. The third kappa shape index (κ3) is 7.85. The first-order valence-electron chi connectivity index (χ1n) is 14.1. The van der Waals surface area contributed by atoms with Gasteiger partial charge in [0.05, 0.1) is 43.0 Å². The zero-order valence-electron chi connectivity index (χ0n) is 24.2.